The second-order valence-electron chi connectivity index (χ2n) is 5.22. The van der Waals surface area contributed by atoms with Crippen LogP contribution in [0.25, 0.3) is 0 Å². The summed E-state index contributed by atoms with van der Waals surface area (Å²) in [5, 5.41) is 12.1. The Labute approximate surface area is 121 Å². The third-order valence-electron chi connectivity index (χ3n) is 3.55. The Morgan fingerprint density at radius 2 is 1.86 bits per heavy atom. The van der Waals surface area contributed by atoms with Crippen molar-refractivity contribution in [3.63, 3.8) is 0 Å². The predicted molar refractivity (Wildman–Crippen MR) is 73.0 cm³/mol. The standard InChI is InChI=1S/C15H17F3N2O/c16-15(17,18)10-21-14-4-2-1-3-13(14)20-12-7-5-11(9-19)6-8-12/h1-4,11-12,20H,5-8,10H2. The third kappa shape index (κ3) is 4.85. The molecule has 3 nitrogen and oxygen atoms in total. The van der Waals surface area contributed by atoms with Gasteiger partial charge in [-0.1, -0.05) is 12.1 Å². The minimum atomic E-state index is -4.35. The quantitative estimate of drug-likeness (QED) is 0.909. The molecule has 1 aliphatic carbocycles. The van der Waals surface area contributed by atoms with Crippen LogP contribution in [0.15, 0.2) is 24.3 Å². The number of rotatable bonds is 4. The first-order valence-electron chi connectivity index (χ1n) is 6.92. The van der Waals surface area contributed by atoms with E-state index in [9.17, 15) is 13.2 Å². The molecule has 0 heterocycles. The maximum absolute atomic E-state index is 12.2. The van der Waals surface area contributed by atoms with Gasteiger partial charge in [0.25, 0.3) is 0 Å². The van der Waals surface area contributed by atoms with Gasteiger partial charge in [0, 0.05) is 12.0 Å². The highest BCUT2D eigenvalue weighted by Gasteiger charge is 2.29. The summed E-state index contributed by atoms with van der Waals surface area (Å²) >= 11 is 0. The molecule has 0 spiro atoms. The lowest BCUT2D eigenvalue weighted by Gasteiger charge is -2.27. The van der Waals surface area contributed by atoms with Crippen LogP contribution in [0.2, 0.25) is 0 Å². The van der Waals surface area contributed by atoms with Gasteiger partial charge in [-0.2, -0.15) is 18.4 Å². The predicted octanol–water partition coefficient (Wildman–Crippen LogP) is 4.12. The van der Waals surface area contributed by atoms with Gasteiger partial charge >= 0.3 is 6.18 Å². The number of para-hydroxylation sites is 2. The third-order valence-corrected chi connectivity index (χ3v) is 3.55. The molecule has 0 radical (unpaired) electrons. The van der Waals surface area contributed by atoms with Gasteiger partial charge < -0.3 is 10.1 Å². The van der Waals surface area contributed by atoms with Crippen LogP contribution >= 0.6 is 0 Å². The molecular formula is C15H17F3N2O. The smallest absolute Gasteiger partial charge is 0.422 e. The van der Waals surface area contributed by atoms with Crippen LogP contribution in [-0.4, -0.2) is 18.8 Å². The lowest BCUT2D eigenvalue weighted by molar-refractivity contribution is -0.153. The average Bonchev–Trinajstić information content (AvgIpc) is 2.46. The largest absolute Gasteiger partial charge is 0.482 e. The second kappa shape index (κ2) is 6.70. The Kier molecular flexibility index (Phi) is 4.94. The van der Waals surface area contributed by atoms with Crippen molar-refractivity contribution in [3.05, 3.63) is 24.3 Å². The van der Waals surface area contributed by atoms with Gasteiger partial charge in [0.1, 0.15) is 5.75 Å². The summed E-state index contributed by atoms with van der Waals surface area (Å²) in [7, 11) is 0. The van der Waals surface area contributed by atoms with E-state index in [0.29, 0.717) is 5.69 Å². The fraction of sp³-hybridized carbons (Fsp3) is 0.533. The van der Waals surface area contributed by atoms with E-state index < -0.39 is 12.8 Å². The zero-order chi connectivity index (χ0) is 15.3. The van der Waals surface area contributed by atoms with Crippen LogP contribution in [0, 0.1) is 17.2 Å². The van der Waals surface area contributed by atoms with E-state index in [1.165, 1.54) is 6.07 Å². The van der Waals surface area contributed by atoms with Gasteiger partial charge in [0.15, 0.2) is 6.61 Å². The Balaban J connectivity index is 1.96. The molecule has 0 unspecified atom stereocenters. The van der Waals surface area contributed by atoms with Crippen LogP contribution in [0.4, 0.5) is 18.9 Å². The summed E-state index contributed by atoms with van der Waals surface area (Å²) in [5.41, 5.74) is 0.571. The van der Waals surface area contributed by atoms with Gasteiger partial charge in [-0.3, -0.25) is 0 Å². The number of nitriles is 1. The zero-order valence-corrected chi connectivity index (χ0v) is 11.5. The minimum absolute atomic E-state index is 0.0970. The second-order valence-corrected chi connectivity index (χ2v) is 5.22. The molecule has 1 aliphatic rings. The number of benzene rings is 1. The van der Waals surface area contributed by atoms with Crippen molar-refractivity contribution >= 4 is 5.69 Å². The molecule has 0 bridgehead atoms. The van der Waals surface area contributed by atoms with Gasteiger partial charge in [0.05, 0.1) is 11.8 Å². The van der Waals surface area contributed by atoms with Crippen molar-refractivity contribution in [2.45, 2.75) is 37.9 Å². The van der Waals surface area contributed by atoms with Crippen molar-refractivity contribution in [1.82, 2.24) is 0 Å². The Bertz CT molecular complexity index is 502. The summed E-state index contributed by atoms with van der Waals surface area (Å²) in [6.45, 7) is -1.30. The summed E-state index contributed by atoms with van der Waals surface area (Å²) in [6.07, 6.45) is -1.03. The molecule has 6 heteroatoms. The highest BCUT2D eigenvalue weighted by molar-refractivity contribution is 5.56. The maximum atomic E-state index is 12.2. The topological polar surface area (TPSA) is 45.0 Å². The van der Waals surface area contributed by atoms with Crippen molar-refractivity contribution in [3.8, 4) is 11.8 Å². The number of alkyl halides is 3. The number of anilines is 1. The molecule has 1 N–H and O–H groups in total. The minimum Gasteiger partial charge on any atom is -0.482 e. The number of halogens is 3. The van der Waals surface area contributed by atoms with Crippen LogP contribution in [0.5, 0.6) is 5.75 Å². The van der Waals surface area contributed by atoms with Crippen molar-refractivity contribution in [1.29, 1.82) is 5.26 Å². The Morgan fingerprint density at radius 3 is 2.48 bits per heavy atom. The van der Waals surface area contributed by atoms with Crippen LogP contribution < -0.4 is 10.1 Å². The van der Waals surface area contributed by atoms with Gasteiger partial charge in [0.2, 0.25) is 0 Å². The van der Waals surface area contributed by atoms with Crippen molar-refractivity contribution in [2.75, 3.05) is 11.9 Å². The molecule has 0 atom stereocenters. The van der Waals surface area contributed by atoms with Crippen LogP contribution in [0.3, 0.4) is 0 Å². The van der Waals surface area contributed by atoms with E-state index in [4.69, 9.17) is 10.00 Å². The van der Waals surface area contributed by atoms with Crippen molar-refractivity contribution in [2.24, 2.45) is 5.92 Å². The average molecular weight is 298 g/mol. The first kappa shape index (κ1) is 15.5. The van der Waals surface area contributed by atoms with E-state index in [1.807, 2.05) is 0 Å². The lowest BCUT2D eigenvalue weighted by atomic mass is 9.87. The SMILES string of the molecule is N#CC1CCC(Nc2ccccc2OCC(F)(F)F)CC1. The molecule has 1 fully saturated rings. The maximum Gasteiger partial charge on any atom is 0.422 e. The molecule has 1 aromatic carbocycles. The highest BCUT2D eigenvalue weighted by atomic mass is 19.4. The van der Waals surface area contributed by atoms with E-state index in [-0.39, 0.29) is 17.7 Å². The number of ether oxygens (including phenoxy) is 1. The zero-order valence-electron chi connectivity index (χ0n) is 11.5. The summed E-state index contributed by atoms with van der Waals surface area (Å²) < 4.78 is 41.6. The van der Waals surface area contributed by atoms with Crippen LogP contribution in [-0.2, 0) is 0 Å². The summed E-state index contributed by atoms with van der Waals surface area (Å²) in [5.74, 6) is 0.303. The Morgan fingerprint density at radius 1 is 1.19 bits per heavy atom. The van der Waals surface area contributed by atoms with E-state index in [2.05, 4.69) is 11.4 Å². The molecule has 0 amide bonds. The first-order valence-corrected chi connectivity index (χ1v) is 6.92. The molecule has 1 saturated carbocycles. The molecule has 1 aromatic rings. The first-order chi connectivity index (χ1) is 9.98. The fourth-order valence-electron chi connectivity index (χ4n) is 2.46. The molecule has 0 saturated heterocycles. The molecule has 114 valence electrons. The summed E-state index contributed by atoms with van der Waals surface area (Å²) in [4.78, 5) is 0. The van der Waals surface area contributed by atoms with E-state index in [1.54, 1.807) is 18.2 Å². The van der Waals surface area contributed by atoms with Crippen molar-refractivity contribution < 1.29 is 17.9 Å². The van der Waals surface area contributed by atoms with E-state index >= 15 is 0 Å². The molecule has 0 aromatic heterocycles. The monoisotopic (exact) mass is 298 g/mol. The van der Waals surface area contributed by atoms with Gasteiger partial charge in [-0.05, 0) is 37.8 Å². The van der Waals surface area contributed by atoms with E-state index in [0.717, 1.165) is 25.7 Å². The number of nitrogens with one attached hydrogen (secondary N) is 1. The van der Waals surface area contributed by atoms with Gasteiger partial charge in [-0.15, -0.1) is 0 Å². The lowest BCUT2D eigenvalue weighted by Crippen LogP contribution is -2.26. The number of nitrogens with zero attached hydrogens (tertiary/aromatic N) is 1. The fourth-order valence-corrected chi connectivity index (χ4v) is 2.46. The van der Waals surface area contributed by atoms with Gasteiger partial charge in [-0.25, -0.2) is 0 Å². The highest BCUT2D eigenvalue weighted by Crippen LogP contribution is 2.31. The molecule has 0 aliphatic heterocycles. The molecule has 21 heavy (non-hydrogen) atoms. The summed E-state index contributed by atoms with van der Waals surface area (Å²) in [6, 6.07) is 9.06. The molecular weight excluding hydrogens is 281 g/mol. The molecule has 2 rings (SSSR count). The normalized spacial score (nSPS) is 22.4. The number of hydrogen-bond acceptors (Lipinski definition) is 3. The van der Waals surface area contributed by atoms with Crippen LogP contribution in [0.1, 0.15) is 25.7 Å². The Hall–Kier alpha value is -1.90. The number of hydrogen-bond donors (Lipinski definition) is 1.